The minimum atomic E-state index is -0.565. The molecule has 23 heavy (non-hydrogen) atoms. The van der Waals surface area contributed by atoms with Gasteiger partial charge in [-0.15, -0.1) is 0 Å². The Balaban J connectivity index is 2.39. The molecule has 1 aromatic carbocycles. The molecule has 0 aliphatic heterocycles. The summed E-state index contributed by atoms with van der Waals surface area (Å²) in [6.07, 6.45) is -0.498. The largest absolute Gasteiger partial charge is 0.458 e. The van der Waals surface area contributed by atoms with Crippen molar-refractivity contribution in [3.05, 3.63) is 46.3 Å². The Morgan fingerprint density at radius 3 is 2.61 bits per heavy atom. The first-order chi connectivity index (χ1) is 10.9. The summed E-state index contributed by atoms with van der Waals surface area (Å²) in [5, 5.41) is 3.47. The predicted molar refractivity (Wildman–Crippen MR) is 85.7 cm³/mol. The summed E-state index contributed by atoms with van der Waals surface area (Å²) in [6, 6.07) is 9.68. The fourth-order valence-electron chi connectivity index (χ4n) is 1.72. The van der Waals surface area contributed by atoms with Crippen molar-refractivity contribution in [2.45, 2.75) is 39.1 Å². The van der Waals surface area contributed by atoms with Crippen molar-refractivity contribution >= 4 is 5.97 Å². The summed E-state index contributed by atoms with van der Waals surface area (Å²) < 4.78 is 16.1. The first-order valence-corrected chi connectivity index (χ1v) is 7.36. The van der Waals surface area contributed by atoms with Gasteiger partial charge in [0, 0.05) is 4.91 Å². The van der Waals surface area contributed by atoms with Crippen LogP contribution in [0, 0.1) is 0 Å². The summed E-state index contributed by atoms with van der Waals surface area (Å²) >= 11 is 0. The summed E-state index contributed by atoms with van der Waals surface area (Å²) in [6.45, 7) is 5.87. The van der Waals surface area contributed by atoms with E-state index in [0.717, 1.165) is 5.56 Å². The molecule has 0 bridgehead atoms. The van der Waals surface area contributed by atoms with Crippen molar-refractivity contribution < 1.29 is 19.0 Å². The van der Waals surface area contributed by atoms with E-state index in [1.54, 1.807) is 20.8 Å². The third kappa shape index (κ3) is 9.52. The first-order valence-electron chi connectivity index (χ1n) is 7.36. The fourth-order valence-corrected chi connectivity index (χ4v) is 1.72. The van der Waals surface area contributed by atoms with Crippen LogP contribution in [-0.2, 0) is 25.6 Å². The molecule has 1 aromatic rings. The van der Waals surface area contributed by atoms with Crippen LogP contribution >= 0.6 is 0 Å². The summed E-state index contributed by atoms with van der Waals surface area (Å²) in [5.41, 5.74) is 8.88. The van der Waals surface area contributed by atoms with Gasteiger partial charge in [0.1, 0.15) is 12.2 Å². The van der Waals surface area contributed by atoms with Crippen molar-refractivity contribution in [3.8, 4) is 0 Å². The van der Waals surface area contributed by atoms with Crippen LogP contribution in [0.15, 0.2) is 35.4 Å². The van der Waals surface area contributed by atoms with Crippen molar-refractivity contribution in [2.75, 3.05) is 19.8 Å². The molecule has 0 aliphatic carbocycles. The van der Waals surface area contributed by atoms with Gasteiger partial charge >= 0.3 is 5.97 Å². The van der Waals surface area contributed by atoms with E-state index in [1.807, 2.05) is 30.3 Å². The van der Waals surface area contributed by atoms with E-state index in [2.05, 4.69) is 10.0 Å². The smallest absolute Gasteiger partial charge is 0.332 e. The zero-order valence-electron chi connectivity index (χ0n) is 13.8. The van der Waals surface area contributed by atoms with E-state index in [9.17, 15) is 4.79 Å². The van der Waals surface area contributed by atoms with Gasteiger partial charge in [-0.3, -0.25) is 0 Å². The maximum atomic E-state index is 11.6. The Bertz CT molecular complexity index is 522. The normalized spacial score (nSPS) is 12.3. The maximum Gasteiger partial charge on any atom is 0.332 e. The maximum absolute atomic E-state index is 11.6. The number of hydrogen-bond donors (Lipinski definition) is 0. The highest BCUT2D eigenvalue weighted by molar-refractivity contribution is 5.71. The van der Waals surface area contributed by atoms with Gasteiger partial charge in [-0.2, -0.15) is 0 Å². The van der Waals surface area contributed by atoms with E-state index in [0.29, 0.717) is 6.61 Å². The van der Waals surface area contributed by atoms with Crippen LogP contribution in [-0.4, -0.2) is 37.4 Å². The molecule has 0 aromatic heterocycles. The Morgan fingerprint density at radius 2 is 2.00 bits per heavy atom. The molecule has 0 aliphatic rings. The zero-order chi connectivity index (χ0) is 17.1. The summed E-state index contributed by atoms with van der Waals surface area (Å²) in [7, 11) is 0. The number of rotatable bonds is 9. The lowest BCUT2D eigenvalue weighted by Gasteiger charge is -2.21. The molecule has 0 amide bonds. The Kier molecular flexibility index (Phi) is 8.11. The monoisotopic (exact) mass is 321 g/mol. The van der Waals surface area contributed by atoms with Crippen molar-refractivity contribution in [1.29, 1.82) is 0 Å². The van der Waals surface area contributed by atoms with Gasteiger partial charge in [-0.25, -0.2) is 4.79 Å². The average Bonchev–Trinajstić information content (AvgIpc) is 2.49. The number of hydrogen-bond acceptors (Lipinski definition) is 5. The second-order valence-electron chi connectivity index (χ2n) is 5.93. The highest BCUT2D eigenvalue weighted by atomic mass is 16.6. The van der Waals surface area contributed by atoms with E-state index >= 15 is 0 Å². The van der Waals surface area contributed by atoms with Crippen molar-refractivity contribution in [3.63, 3.8) is 0 Å². The van der Waals surface area contributed by atoms with Gasteiger partial charge in [0.2, 0.25) is 0 Å². The lowest BCUT2D eigenvalue weighted by atomic mass is 10.2. The number of azide groups is 1. The van der Waals surface area contributed by atoms with Gasteiger partial charge in [0.15, 0.2) is 0 Å². The van der Waals surface area contributed by atoms with Gasteiger partial charge in [0.25, 0.3) is 0 Å². The minimum Gasteiger partial charge on any atom is -0.458 e. The molecular formula is C16H23N3O4. The second-order valence-corrected chi connectivity index (χ2v) is 5.93. The molecule has 0 heterocycles. The van der Waals surface area contributed by atoms with Crippen molar-refractivity contribution in [2.24, 2.45) is 5.11 Å². The fraction of sp³-hybridized carbons (Fsp3) is 0.562. The number of carbonyl (C=O) groups excluding carboxylic acids is 1. The lowest BCUT2D eigenvalue weighted by Crippen LogP contribution is -2.30. The average molecular weight is 321 g/mol. The molecule has 1 atom stereocenters. The molecule has 126 valence electrons. The van der Waals surface area contributed by atoms with Crippen LogP contribution in [0.4, 0.5) is 0 Å². The molecule has 0 spiro atoms. The number of ether oxygens (including phenoxy) is 3. The Labute approximate surface area is 136 Å². The van der Waals surface area contributed by atoms with E-state index in [4.69, 9.17) is 19.7 Å². The molecule has 0 saturated carbocycles. The number of esters is 1. The van der Waals surface area contributed by atoms with Gasteiger partial charge in [-0.1, -0.05) is 35.4 Å². The van der Waals surface area contributed by atoms with E-state index in [1.165, 1.54) is 0 Å². The van der Waals surface area contributed by atoms with Gasteiger partial charge < -0.3 is 14.2 Å². The highest BCUT2D eigenvalue weighted by Crippen LogP contribution is 2.08. The van der Waals surface area contributed by atoms with E-state index < -0.39 is 17.7 Å². The molecule has 0 saturated heterocycles. The number of benzene rings is 1. The summed E-state index contributed by atoms with van der Waals surface area (Å²) in [4.78, 5) is 14.3. The van der Waals surface area contributed by atoms with Crippen LogP contribution < -0.4 is 0 Å². The molecule has 1 rings (SSSR count). The topological polar surface area (TPSA) is 93.5 Å². The van der Waals surface area contributed by atoms with Crippen LogP contribution in [0.25, 0.3) is 10.4 Å². The predicted octanol–water partition coefficient (Wildman–Crippen LogP) is 3.24. The first kappa shape index (κ1) is 19.0. The minimum absolute atomic E-state index is 0.0914. The van der Waals surface area contributed by atoms with E-state index in [-0.39, 0.29) is 19.8 Å². The molecule has 7 heteroatoms. The standard InChI is InChI=1S/C16H23N3O4/c1-16(2,3)23-15(20)12-22-14(9-18-19-17)11-21-10-13-7-5-4-6-8-13/h4-8,14H,9-12H2,1-3H3/t14-/m0/s1. The Hall–Kier alpha value is -2.08. The third-order valence-corrected chi connectivity index (χ3v) is 2.62. The molecule has 0 unspecified atom stereocenters. The van der Waals surface area contributed by atoms with Crippen LogP contribution in [0.5, 0.6) is 0 Å². The molecule has 0 N–H and O–H groups in total. The number of nitrogens with zero attached hydrogens (tertiary/aromatic N) is 3. The molecule has 0 fully saturated rings. The zero-order valence-corrected chi connectivity index (χ0v) is 13.8. The third-order valence-electron chi connectivity index (χ3n) is 2.62. The molecule has 7 nitrogen and oxygen atoms in total. The quantitative estimate of drug-likeness (QED) is 0.302. The summed E-state index contributed by atoms with van der Waals surface area (Å²) in [5.74, 6) is -0.466. The molecule has 0 radical (unpaired) electrons. The highest BCUT2D eigenvalue weighted by Gasteiger charge is 2.18. The second kappa shape index (κ2) is 9.84. The molecular weight excluding hydrogens is 298 g/mol. The van der Waals surface area contributed by atoms with Crippen LogP contribution in [0.3, 0.4) is 0 Å². The van der Waals surface area contributed by atoms with Crippen molar-refractivity contribution in [1.82, 2.24) is 0 Å². The Morgan fingerprint density at radius 1 is 1.30 bits per heavy atom. The number of carbonyl (C=O) groups is 1. The van der Waals surface area contributed by atoms with Crippen LogP contribution in [0.2, 0.25) is 0 Å². The lowest BCUT2D eigenvalue weighted by molar-refractivity contribution is -0.163. The van der Waals surface area contributed by atoms with Gasteiger partial charge in [-0.05, 0) is 31.9 Å². The SMILES string of the molecule is CC(C)(C)OC(=O)CO[C@@H](CN=[N+]=[N-])COCc1ccccc1. The van der Waals surface area contributed by atoms with Crippen LogP contribution in [0.1, 0.15) is 26.3 Å². The van der Waals surface area contributed by atoms with Gasteiger partial charge in [0.05, 0.1) is 25.9 Å².